The zero-order valence-electron chi connectivity index (χ0n) is 15.3. The quantitative estimate of drug-likeness (QED) is 0.664. The van der Waals surface area contributed by atoms with Gasteiger partial charge in [0.05, 0.1) is 10.6 Å². The van der Waals surface area contributed by atoms with Crippen molar-refractivity contribution in [3.8, 4) is 5.75 Å². The topological polar surface area (TPSA) is 108 Å². The molecule has 1 atom stereocenters. The molecule has 0 aliphatic carbocycles. The number of benzene rings is 2. The molecule has 1 aromatic heterocycles. The van der Waals surface area contributed by atoms with Crippen LogP contribution in [-0.4, -0.2) is 26.1 Å². The molecule has 0 bridgehead atoms. The van der Waals surface area contributed by atoms with Gasteiger partial charge in [-0.25, -0.2) is 4.39 Å². The number of hydrogen-bond donors (Lipinski definition) is 2. The number of tetrazole rings is 1. The van der Waals surface area contributed by atoms with E-state index in [9.17, 15) is 9.18 Å². The summed E-state index contributed by atoms with van der Waals surface area (Å²) in [6, 6.07) is 10.9. The van der Waals surface area contributed by atoms with Crippen LogP contribution in [0.15, 0.2) is 53.7 Å². The number of hydrogen-bond acceptors (Lipinski definition) is 6. The molecule has 3 aromatic rings. The summed E-state index contributed by atoms with van der Waals surface area (Å²) in [6.07, 6.45) is 0. The van der Waals surface area contributed by atoms with Gasteiger partial charge in [0.2, 0.25) is 11.9 Å². The maximum atomic E-state index is 13.9. The van der Waals surface area contributed by atoms with E-state index < -0.39 is 17.8 Å². The number of halogens is 2. The molecule has 29 heavy (non-hydrogen) atoms. The Bertz CT molecular complexity index is 1090. The van der Waals surface area contributed by atoms with Crippen LogP contribution in [-0.2, 0) is 11.4 Å². The molecule has 2 aromatic carbocycles. The van der Waals surface area contributed by atoms with Gasteiger partial charge in [-0.3, -0.25) is 4.79 Å². The number of rotatable bonds is 5. The first kappa shape index (κ1) is 18.9. The molecular weight excluding hydrogens is 399 g/mol. The Morgan fingerprint density at radius 2 is 2.07 bits per heavy atom. The Labute approximate surface area is 170 Å². The van der Waals surface area contributed by atoms with Gasteiger partial charge in [-0.2, -0.15) is 4.68 Å². The van der Waals surface area contributed by atoms with Crippen LogP contribution in [0.4, 0.5) is 10.3 Å². The summed E-state index contributed by atoms with van der Waals surface area (Å²) < 4.78 is 21.0. The monoisotopic (exact) mass is 414 g/mol. The maximum absolute atomic E-state index is 13.9. The molecular formula is C19H16ClFN6O2. The number of allylic oxidation sites excluding steroid dienone is 1. The van der Waals surface area contributed by atoms with Crippen LogP contribution in [0.1, 0.15) is 24.1 Å². The number of carbonyl (C=O) groups is 1. The van der Waals surface area contributed by atoms with Crippen LogP contribution >= 0.6 is 11.6 Å². The fourth-order valence-electron chi connectivity index (χ4n) is 3.21. The zero-order valence-corrected chi connectivity index (χ0v) is 16.0. The number of fused-ring (bicyclic) bond motifs is 1. The van der Waals surface area contributed by atoms with Crippen molar-refractivity contribution in [2.24, 2.45) is 5.73 Å². The van der Waals surface area contributed by atoms with Gasteiger partial charge in [0.15, 0.2) is 0 Å². The summed E-state index contributed by atoms with van der Waals surface area (Å²) in [5.41, 5.74) is 7.55. The van der Waals surface area contributed by atoms with Crippen molar-refractivity contribution in [1.29, 1.82) is 0 Å². The number of carbonyl (C=O) groups excluding carboxylic acids is 1. The van der Waals surface area contributed by atoms with Gasteiger partial charge in [0, 0.05) is 11.3 Å². The summed E-state index contributed by atoms with van der Waals surface area (Å²) in [6.45, 7) is 1.72. The first-order valence-electron chi connectivity index (χ1n) is 8.67. The van der Waals surface area contributed by atoms with E-state index in [1.165, 1.54) is 16.8 Å². The van der Waals surface area contributed by atoms with E-state index in [0.29, 0.717) is 28.0 Å². The number of ether oxygens (including phenoxy) is 1. The molecule has 2 heterocycles. The molecule has 4 rings (SSSR count). The predicted octanol–water partition coefficient (Wildman–Crippen LogP) is 2.82. The minimum atomic E-state index is -0.575. The highest BCUT2D eigenvalue weighted by Crippen LogP contribution is 2.34. The second-order valence-electron chi connectivity index (χ2n) is 6.44. The number of nitrogens with two attached hydrogens (primary N) is 1. The highest BCUT2D eigenvalue weighted by molar-refractivity contribution is 6.31. The fourth-order valence-corrected chi connectivity index (χ4v) is 3.43. The zero-order chi connectivity index (χ0) is 20.5. The average molecular weight is 415 g/mol. The molecule has 148 valence electrons. The summed E-state index contributed by atoms with van der Waals surface area (Å²) in [7, 11) is 0. The van der Waals surface area contributed by atoms with Gasteiger partial charge in [-0.05, 0) is 47.2 Å². The van der Waals surface area contributed by atoms with Gasteiger partial charge in [-0.1, -0.05) is 34.9 Å². The third-order valence-electron chi connectivity index (χ3n) is 4.62. The van der Waals surface area contributed by atoms with Crippen molar-refractivity contribution < 1.29 is 13.9 Å². The SMILES string of the molecule is CC1=C(C(N)=O)[C@H](c2ccc(OCc3c(F)cccc3Cl)cc2)n2nnnc2N1. The minimum absolute atomic E-state index is 0.0130. The first-order valence-corrected chi connectivity index (χ1v) is 9.04. The number of nitrogens with one attached hydrogen (secondary N) is 1. The molecule has 0 spiro atoms. The van der Waals surface area contributed by atoms with Crippen LogP contribution in [0.25, 0.3) is 0 Å². The Morgan fingerprint density at radius 3 is 2.76 bits per heavy atom. The van der Waals surface area contributed by atoms with Crippen molar-refractivity contribution >= 4 is 23.5 Å². The Hall–Kier alpha value is -3.46. The van der Waals surface area contributed by atoms with Crippen molar-refractivity contribution in [3.05, 3.63) is 75.7 Å². The molecule has 3 N–H and O–H groups in total. The molecule has 0 saturated heterocycles. The molecule has 0 fully saturated rings. The molecule has 0 radical (unpaired) electrons. The molecule has 10 heteroatoms. The van der Waals surface area contributed by atoms with Crippen LogP contribution in [0.5, 0.6) is 5.75 Å². The van der Waals surface area contributed by atoms with Crippen molar-refractivity contribution in [2.45, 2.75) is 19.6 Å². The highest BCUT2D eigenvalue weighted by atomic mass is 35.5. The predicted molar refractivity (Wildman–Crippen MR) is 104 cm³/mol. The number of primary amides is 1. The van der Waals surface area contributed by atoms with Gasteiger partial charge >= 0.3 is 0 Å². The van der Waals surface area contributed by atoms with E-state index in [1.807, 2.05) is 0 Å². The third-order valence-corrected chi connectivity index (χ3v) is 4.97. The normalized spacial score (nSPS) is 15.6. The van der Waals surface area contributed by atoms with Gasteiger partial charge in [0.25, 0.3) is 0 Å². The van der Waals surface area contributed by atoms with Crippen LogP contribution < -0.4 is 15.8 Å². The van der Waals surface area contributed by atoms with Crippen LogP contribution in [0.3, 0.4) is 0 Å². The smallest absolute Gasteiger partial charge is 0.248 e. The molecule has 0 unspecified atom stereocenters. The van der Waals surface area contributed by atoms with E-state index in [0.717, 1.165) is 5.56 Å². The average Bonchev–Trinajstić information content (AvgIpc) is 3.15. The molecule has 1 amide bonds. The second kappa shape index (κ2) is 7.51. The summed E-state index contributed by atoms with van der Waals surface area (Å²) >= 11 is 6.02. The highest BCUT2D eigenvalue weighted by Gasteiger charge is 2.32. The summed E-state index contributed by atoms with van der Waals surface area (Å²) in [5.74, 6) is -0.0790. The van der Waals surface area contributed by atoms with E-state index >= 15 is 0 Å². The largest absolute Gasteiger partial charge is 0.489 e. The van der Waals surface area contributed by atoms with Crippen molar-refractivity contribution in [1.82, 2.24) is 20.2 Å². The van der Waals surface area contributed by atoms with E-state index in [2.05, 4.69) is 20.8 Å². The van der Waals surface area contributed by atoms with Crippen molar-refractivity contribution in [3.63, 3.8) is 0 Å². The van der Waals surface area contributed by atoms with Gasteiger partial charge in [-0.15, -0.1) is 0 Å². The lowest BCUT2D eigenvalue weighted by Crippen LogP contribution is -2.31. The minimum Gasteiger partial charge on any atom is -0.489 e. The summed E-state index contributed by atoms with van der Waals surface area (Å²) in [4.78, 5) is 12.0. The van der Waals surface area contributed by atoms with Crippen LogP contribution in [0, 0.1) is 5.82 Å². The number of anilines is 1. The number of aromatic nitrogens is 4. The van der Waals surface area contributed by atoms with Gasteiger partial charge < -0.3 is 15.8 Å². The lowest BCUT2D eigenvalue weighted by Gasteiger charge is -2.26. The number of nitrogens with zero attached hydrogens (tertiary/aromatic N) is 4. The van der Waals surface area contributed by atoms with E-state index in [-0.39, 0.29) is 12.2 Å². The Kier molecular flexibility index (Phi) is 4.89. The Morgan fingerprint density at radius 1 is 1.31 bits per heavy atom. The first-order chi connectivity index (χ1) is 14.0. The maximum Gasteiger partial charge on any atom is 0.248 e. The molecule has 1 aliphatic rings. The molecule has 1 aliphatic heterocycles. The standard InChI is InChI=1S/C19H16ClFN6O2/c1-10-16(18(22)28)17(27-19(23-10)24-25-26-27)11-5-7-12(8-6-11)29-9-13-14(20)3-2-4-15(13)21/h2-8,17H,9H2,1H3,(H2,22,28)(H,23,24,26)/t17-/m0/s1. The second-order valence-corrected chi connectivity index (χ2v) is 6.84. The van der Waals surface area contributed by atoms with Crippen LogP contribution in [0.2, 0.25) is 5.02 Å². The molecule has 8 nitrogen and oxygen atoms in total. The summed E-state index contributed by atoms with van der Waals surface area (Å²) in [5, 5.41) is 14.8. The van der Waals surface area contributed by atoms with Gasteiger partial charge in [0.1, 0.15) is 24.2 Å². The lowest BCUT2D eigenvalue weighted by atomic mass is 9.95. The Balaban J connectivity index is 1.60. The van der Waals surface area contributed by atoms with E-state index in [4.69, 9.17) is 22.1 Å². The third kappa shape index (κ3) is 3.52. The van der Waals surface area contributed by atoms with Crippen molar-refractivity contribution in [2.75, 3.05) is 5.32 Å². The fraction of sp³-hybridized carbons (Fsp3) is 0.158. The molecule has 0 saturated carbocycles. The van der Waals surface area contributed by atoms with E-state index in [1.54, 1.807) is 37.3 Å². The lowest BCUT2D eigenvalue weighted by molar-refractivity contribution is -0.115. The number of amides is 1.